The van der Waals surface area contributed by atoms with E-state index in [1.54, 1.807) is 13.3 Å². The summed E-state index contributed by atoms with van der Waals surface area (Å²) < 4.78 is 6.10. The van der Waals surface area contributed by atoms with Crippen LogP contribution in [0.2, 0.25) is 0 Å². The molecule has 0 radical (unpaired) electrons. The fraction of sp³-hybridized carbons (Fsp3) is 0.333. The van der Waals surface area contributed by atoms with Crippen molar-refractivity contribution in [3.05, 3.63) is 40.5 Å². The van der Waals surface area contributed by atoms with Gasteiger partial charge in [-0.25, -0.2) is 4.98 Å². The van der Waals surface area contributed by atoms with E-state index in [1.165, 1.54) is 0 Å². The monoisotopic (exact) mass is 350 g/mol. The van der Waals surface area contributed by atoms with Crippen molar-refractivity contribution in [3.8, 4) is 0 Å². The summed E-state index contributed by atoms with van der Waals surface area (Å²) in [6.45, 7) is 3.60. The highest BCUT2D eigenvalue weighted by Gasteiger charge is 2.02. The van der Waals surface area contributed by atoms with E-state index in [2.05, 4.69) is 36.5 Å². The van der Waals surface area contributed by atoms with Gasteiger partial charge in [-0.15, -0.1) is 0 Å². The molecule has 0 unspecified atom stereocenters. The Labute approximate surface area is 133 Å². The summed E-state index contributed by atoms with van der Waals surface area (Å²) in [4.78, 5) is 8.66. The van der Waals surface area contributed by atoms with Crippen LogP contribution in [-0.4, -0.2) is 30.2 Å². The van der Waals surface area contributed by atoms with Crippen LogP contribution in [-0.2, 0) is 4.74 Å². The molecule has 1 aromatic heterocycles. The Bertz CT molecular complexity index is 592. The number of nitrogens with zero attached hydrogens (tertiary/aromatic N) is 2. The lowest BCUT2D eigenvalue weighted by atomic mass is 10.2. The highest BCUT2D eigenvalue weighted by atomic mass is 79.9. The summed E-state index contributed by atoms with van der Waals surface area (Å²) in [5, 5.41) is 6.45. The fourth-order valence-corrected chi connectivity index (χ4v) is 2.05. The average molecular weight is 351 g/mol. The van der Waals surface area contributed by atoms with Crippen molar-refractivity contribution < 1.29 is 4.74 Å². The van der Waals surface area contributed by atoms with Crippen molar-refractivity contribution in [1.82, 2.24) is 9.97 Å². The maximum absolute atomic E-state index is 5.01. The molecule has 0 fully saturated rings. The number of ether oxygens (including phenoxy) is 1. The lowest BCUT2D eigenvalue weighted by molar-refractivity contribution is 0.198. The van der Waals surface area contributed by atoms with Gasteiger partial charge >= 0.3 is 0 Å². The predicted octanol–water partition coefficient (Wildman–Crippen LogP) is 3.74. The Morgan fingerprint density at radius 2 is 2.14 bits per heavy atom. The van der Waals surface area contributed by atoms with Gasteiger partial charge in [0.25, 0.3) is 0 Å². The molecule has 0 bridgehead atoms. The Morgan fingerprint density at radius 3 is 2.90 bits per heavy atom. The third-order valence-electron chi connectivity index (χ3n) is 2.90. The van der Waals surface area contributed by atoms with Crippen LogP contribution < -0.4 is 10.6 Å². The fourth-order valence-electron chi connectivity index (χ4n) is 1.80. The van der Waals surface area contributed by atoms with Crippen molar-refractivity contribution in [2.75, 3.05) is 30.9 Å². The highest BCUT2D eigenvalue weighted by molar-refractivity contribution is 9.10. The van der Waals surface area contributed by atoms with Crippen LogP contribution in [0.4, 0.5) is 17.5 Å². The van der Waals surface area contributed by atoms with Crippen LogP contribution in [0.15, 0.2) is 34.9 Å². The SMILES string of the molecule is COCCCNc1ccnc(Nc2ccc(Br)c(C)c2)n1. The molecule has 0 saturated carbocycles. The first-order chi connectivity index (χ1) is 10.2. The van der Waals surface area contributed by atoms with Gasteiger partial charge in [-0.2, -0.15) is 4.98 Å². The third-order valence-corrected chi connectivity index (χ3v) is 3.79. The van der Waals surface area contributed by atoms with Gasteiger partial charge in [-0.1, -0.05) is 15.9 Å². The number of anilines is 3. The van der Waals surface area contributed by atoms with E-state index < -0.39 is 0 Å². The number of hydrogen-bond donors (Lipinski definition) is 2. The molecular formula is C15H19BrN4O. The first-order valence-electron chi connectivity index (χ1n) is 6.78. The number of aromatic nitrogens is 2. The van der Waals surface area contributed by atoms with Crippen molar-refractivity contribution in [3.63, 3.8) is 0 Å². The largest absolute Gasteiger partial charge is 0.385 e. The summed E-state index contributed by atoms with van der Waals surface area (Å²) >= 11 is 3.49. The van der Waals surface area contributed by atoms with Crippen molar-refractivity contribution >= 4 is 33.4 Å². The van der Waals surface area contributed by atoms with E-state index in [9.17, 15) is 0 Å². The number of halogens is 1. The lowest BCUT2D eigenvalue weighted by Gasteiger charge is -2.09. The van der Waals surface area contributed by atoms with Gasteiger partial charge in [0, 0.05) is 36.6 Å². The molecule has 1 aromatic carbocycles. The zero-order valence-corrected chi connectivity index (χ0v) is 13.8. The quantitative estimate of drug-likeness (QED) is 0.745. The molecule has 0 saturated heterocycles. The molecular weight excluding hydrogens is 332 g/mol. The molecule has 6 heteroatoms. The second kappa shape index (κ2) is 7.95. The van der Waals surface area contributed by atoms with Crippen molar-refractivity contribution in [1.29, 1.82) is 0 Å². The maximum atomic E-state index is 5.01. The molecule has 0 aliphatic rings. The minimum Gasteiger partial charge on any atom is -0.385 e. The van der Waals surface area contributed by atoms with E-state index in [0.29, 0.717) is 5.95 Å². The second-order valence-corrected chi connectivity index (χ2v) is 5.48. The number of hydrogen-bond acceptors (Lipinski definition) is 5. The van der Waals surface area contributed by atoms with E-state index in [0.717, 1.165) is 41.1 Å². The van der Waals surface area contributed by atoms with Crippen molar-refractivity contribution in [2.24, 2.45) is 0 Å². The van der Waals surface area contributed by atoms with E-state index in [4.69, 9.17) is 4.74 Å². The molecule has 0 aliphatic carbocycles. The standard InChI is InChI=1S/C15H19BrN4O/c1-11-10-12(4-5-13(11)16)19-15-18-8-6-14(20-15)17-7-3-9-21-2/h4-6,8,10H,3,7,9H2,1-2H3,(H2,17,18,19,20). The van der Waals surface area contributed by atoms with Gasteiger partial charge in [0.15, 0.2) is 0 Å². The molecule has 0 aliphatic heterocycles. The average Bonchev–Trinajstić information content (AvgIpc) is 2.48. The third kappa shape index (κ3) is 4.99. The van der Waals surface area contributed by atoms with Gasteiger partial charge in [0.2, 0.25) is 5.95 Å². The number of benzene rings is 1. The molecule has 21 heavy (non-hydrogen) atoms. The first kappa shape index (κ1) is 15.7. The second-order valence-electron chi connectivity index (χ2n) is 4.63. The summed E-state index contributed by atoms with van der Waals surface area (Å²) in [6.07, 6.45) is 2.68. The summed E-state index contributed by atoms with van der Waals surface area (Å²) in [7, 11) is 1.70. The Hall–Kier alpha value is -1.66. The molecule has 0 amide bonds. The molecule has 0 spiro atoms. The number of rotatable bonds is 7. The Morgan fingerprint density at radius 1 is 1.29 bits per heavy atom. The molecule has 1 heterocycles. The lowest BCUT2D eigenvalue weighted by Crippen LogP contribution is -2.07. The Balaban J connectivity index is 1.98. The zero-order valence-electron chi connectivity index (χ0n) is 12.2. The minimum atomic E-state index is 0.577. The Kier molecular flexibility index (Phi) is 5.95. The van der Waals surface area contributed by atoms with Gasteiger partial charge in [-0.3, -0.25) is 0 Å². The topological polar surface area (TPSA) is 59.1 Å². The van der Waals surface area contributed by atoms with Crippen LogP contribution in [0.1, 0.15) is 12.0 Å². The summed E-state index contributed by atoms with van der Waals surface area (Å²) in [5.41, 5.74) is 2.13. The van der Waals surface area contributed by atoms with Crippen LogP contribution in [0.3, 0.4) is 0 Å². The number of methoxy groups -OCH3 is 1. The summed E-state index contributed by atoms with van der Waals surface area (Å²) in [5.74, 6) is 1.38. The summed E-state index contributed by atoms with van der Waals surface area (Å²) in [6, 6.07) is 7.89. The normalized spacial score (nSPS) is 10.4. The van der Waals surface area contributed by atoms with Crippen LogP contribution in [0, 0.1) is 6.92 Å². The smallest absolute Gasteiger partial charge is 0.229 e. The van der Waals surface area contributed by atoms with Crippen LogP contribution in [0.5, 0.6) is 0 Å². The molecule has 2 aromatic rings. The molecule has 112 valence electrons. The first-order valence-corrected chi connectivity index (χ1v) is 7.57. The molecule has 5 nitrogen and oxygen atoms in total. The van der Waals surface area contributed by atoms with Gasteiger partial charge in [0.05, 0.1) is 0 Å². The molecule has 0 atom stereocenters. The molecule has 2 N–H and O–H groups in total. The zero-order chi connectivity index (χ0) is 15.1. The van der Waals surface area contributed by atoms with Gasteiger partial charge in [-0.05, 0) is 43.2 Å². The van der Waals surface area contributed by atoms with E-state index in [1.807, 2.05) is 31.2 Å². The van der Waals surface area contributed by atoms with Crippen LogP contribution >= 0.6 is 15.9 Å². The predicted molar refractivity (Wildman–Crippen MR) is 89.2 cm³/mol. The maximum Gasteiger partial charge on any atom is 0.229 e. The van der Waals surface area contributed by atoms with Crippen LogP contribution in [0.25, 0.3) is 0 Å². The molecule has 2 rings (SSSR count). The number of aryl methyl sites for hydroxylation is 1. The van der Waals surface area contributed by atoms with Crippen molar-refractivity contribution in [2.45, 2.75) is 13.3 Å². The van der Waals surface area contributed by atoms with E-state index >= 15 is 0 Å². The van der Waals surface area contributed by atoms with Gasteiger partial charge in [0.1, 0.15) is 5.82 Å². The van der Waals surface area contributed by atoms with Gasteiger partial charge < -0.3 is 15.4 Å². The highest BCUT2D eigenvalue weighted by Crippen LogP contribution is 2.22. The van der Waals surface area contributed by atoms with E-state index in [-0.39, 0.29) is 0 Å². The minimum absolute atomic E-state index is 0.577. The number of nitrogens with one attached hydrogen (secondary N) is 2.